The fraction of sp³-hybridized carbons (Fsp3) is 0.632. The van der Waals surface area contributed by atoms with Crippen LogP contribution in [-0.4, -0.2) is 75.8 Å². The second-order valence-corrected chi connectivity index (χ2v) is 9.27. The Kier molecular flexibility index (Phi) is 6.73. The molecule has 0 aromatic heterocycles. The Morgan fingerprint density at radius 3 is 2.56 bits per heavy atom. The van der Waals surface area contributed by atoms with Crippen molar-refractivity contribution >= 4 is 21.6 Å². The van der Waals surface area contributed by atoms with E-state index in [1.54, 1.807) is 31.2 Å². The highest BCUT2D eigenvalue weighted by Crippen LogP contribution is 2.21. The van der Waals surface area contributed by atoms with Gasteiger partial charge in [0.05, 0.1) is 19.0 Å². The van der Waals surface area contributed by atoms with Gasteiger partial charge in [-0.05, 0) is 49.9 Å². The maximum absolute atomic E-state index is 12.8. The summed E-state index contributed by atoms with van der Waals surface area (Å²) in [7, 11) is -3.31. The lowest BCUT2D eigenvalue weighted by molar-refractivity contribution is 0.0224. The van der Waals surface area contributed by atoms with Crippen molar-refractivity contribution < 1.29 is 17.9 Å². The average molecular weight is 396 g/mol. The fourth-order valence-corrected chi connectivity index (χ4v) is 4.30. The van der Waals surface area contributed by atoms with E-state index < -0.39 is 10.0 Å². The first kappa shape index (κ1) is 20.1. The van der Waals surface area contributed by atoms with Crippen LogP contribution in [0.25, 0.3) is 0 Å². The van der Waals surface area contributed by atoms with Crippen LogP contribution in [0.5, 0.6) is 0 Å². The maximum Gasteiger partial charge on any atom is 0.253 e. The van der Waals surface area contributed by atoms with Crippen LogP contribution in [0.15, 0.2) is 24.3 Å². The molecular formula is C19H29N3O4S. The minimum Gasteiger partial charge on any atom is -0.379 e. The van der Waals surface area contributed by atoms with Crippen LogP contribution in [0, 0.1) is 5.92 Å². The Morgan fingerprint density at radius 2 is 1.89 bits per heavy atom. The van der Waals surface area contributed by atoms with E-state index in [1.165, 1.54) is 0 Å². The van der Waals surface area contributed by atoms with Gasteiger partial charge in [-0.3, -0.25) is 14.4 Å². The number of carbonyl (C=O) groups excluding carboxylic acids is 1. The molecule has 2 saturated heterocycles. The van der Waals surface area contributed by atoms with E-state index in [-0.39, 0.29) is 11.7 Å². The van der Waals surface area contributed by atoms with E-state index in [4.69, 9.17) is 4.74 Å². The van der Waals surface area contributed by atoms with Crippen LogP contribution in [-0.2, 0) is 14.8 Å². The zero-order valence-electron chi connectivity index (χ0n) is 15.9. The average Bonchev–Trinajstić information content (AvgIpc) is 2.69. The van der Waals surface area contributed by atoms with Gasteiger partial charge in [-0.15, -0.1) is 0 Å². The standard InChI is InChI=1S/C19H29N3O4S/c1-2-27(24,25)20-18-7-5-17(6-8-18)19(23)22-9-3-4-16(15-22)14-21-10-12-26-13-11-21/h5-8,16,20H,2-4,9-15H2,1H3/t16-/m1/s1. The number of hydrogen-bond donors (Lipinski definition) is 1. The largest absolute Gasteiger partial charge is 0.379 e. The van der Waals surface area contributed by atoms with Gasteiger partial charge in [-0.25, -0.2) is 8.42 Å². The van der Waals surface area contributed by atoms with Crippen LogP contribution in [0.4, 0.5) is 5.69 Å². The third-order valence-electron chi connectivity index (χ3n) is 5.21. The van der Waals surface area contributed by atoms with Gasteiger partial charge in [-0.1, -0.05) is 0 Å². The summed E-state index contributed by atoms with van der Waals surface area (Å²) in [6, 6.07) is 6.69. The lowest BCUT2D eigenvalue weighted by Crippen LogP contribution is -2.46. The zero-order chi connectivity index (χ0) is 19.3. The molecule has 0 spiro atoms. The zero-order valence-corrected chi connectivity index (χ0v) is 16.7. The molecule has 1 atom stereocenters. The number of morpholine rings is 1. The van der Waals surface area contributed by atoms with Gasteiger partial charge < -0.3 is 9.64 Å². The number of anilines is 1. The minimum absolute atomic E-state index is 0.0198. The molecule has 27 heavy (non-hydrogen) atoms. The summed E-state index contributed by atoms with van der Waals surface area (Å²) in [5.41, 5.74) is 1.08. The number of nitrogens with zero attached hydrogens (tertiary/aromatic N) is 2. The van der Waals surface area contributed by atoms with E-state index >= 15 is 0 Å². The lowest BCUT2D eigenvalue weighted by Gasteiger charge is -2.36. The Labute approximate surface area is 161 Å². The monoisotopic (exact) mass is 395 g/mol. The van der Waals surface area contributed by atoms with Gasteiger partial charge >= 0.3 is 0 Å². The first-order chi connectivity index (χ1) is 13.0. The summed E-state index contributed by atoms with van der Waals surface area (Å²) in [5.74, 6) is 0.537. The van der Waals surface area contributed by atoms with Crippen LogP contribution in [0.3, 0.4) is 0 Å². The molecule has 0 bridgehead atoms. The molecule has 1 N–H and O–H groups in total. The van der Waals surface area contributed by atoms with Crippen LogP contribution in [0.1, 0.15) is 30.1 Å². The maximum atomic E-state index is 12.8. The predicted molar refractivity (Wildman–Crippen MR) is 105 cm³/mol. The summed E-state index contributed by atoms with van der Waals surface area (Å²) in [5, 5.41) is 0. The van der Waals surface area contributed by atoms with Gasteiger partial charge in [0.15, 0.2) is 0 Å². The number of benzene rings is 1. The number of sulfonamides is 1. The van der Waals surface area contributed by atoms with E-state index in [0.29, 0.717) is 17.2 Å². The fourth-order valence-electron chi connectivity index (χ4n) is 3.66. The van der Waals surface area contributed by atoms with Crippen molar-refractivity contribution in [3.05, 3.63) is 29.8 Å². The predicted octanol–water partition coefficient (Wildman–Crippen LogP) is 1.63. The van der Waals surface area contributed by atoms with E-state index in [9.17, 15) is 13.2 Å². The molecule has 2 aliphatic heterocycles. The molecule has 1 aromatic rings. The molecule has 2 heterocycles. The summed E-state index contributed by atoms with van der Waals surface area (Å²) < 4.78 is 31.2. The first-order valence-corrected chi connectivity index (χ1v) is 11.3. The first-order valence-electron chi connectivity index (χ1n) is 9.67. The Hall–Kier alpha value is -1.64. The van der Waals surface area contributed by atoms with E-state index in [2.05, 4.69) is 9.62 Å². The molecule has 8 heteroatoms. The van der Waals surface area contributed by atoms with Crippen molar-refractivity contribution in [2.45, 2.75) is 19.8 Å². The van der Waals surface area contributed by atoms with Gasteiger partial charge in [0.2, 0.25) is 10.0 Å². The molecule has 2 aliphatic rings. The van der Waals surface area contributed by atoms with E-state index in [0.717, 1.165) is 58.8 Å². The number of amides is 1. The Bertz CT molecular complexity index is 730. The molecule has 1 amide bonds. The van der Waals surface area contributed by atoms with Gasteiger partial charge in [0, 0.05) is 44.0 Å². The minimum atomic E-state index is -3.31. The summed E-state index contributed by atoms with van der Waals surface area (Å²) in [6.07, 6.45) is 2.17. The molecular weight excluding hydrogens is 366 g/mol. The van der Waals surface area contributed by atoms with Crippen molar-refractivity contribution in [3.8, 4) is 0 Å². The molecule has 1 aromatic carbocycles. The smallest absolute Gasteiger partial charge is 0.253 e. The Morgan fingerprint density at radius 1 is 1.19 bits per heavy atom. The van der Waals surface area contributed by atoms with Crippen LogP contribution in [0.2, 0.25) is 0 Å². The summed E-state index contributed by atoms with van der Waals surface area (Å²) in [6.45, 7) is 7.70. The molecule has 0 aliphatic carbocycles. The van der Waals surface area contributed by atoms with Crippen molar-refractivity contribution in [1.82, 2.24) is 9.80 Å². The number of piperidine rings is 1. The molecule has 7 nitrogen and oxygen atoms in total. The third-order valence-corrected chi connectivity index (χ3v) is 6.52. The Balaban J connectivity index is 1.57. The third kappa shape index (κ3) is 5.67. The van der Waals surface area contributed by atoms with E-state index in [1.807, 2.05) is 4.90 Å². The number of likely N-dealkylation sites (tertiary alicyclic amines) is 1. The quantitative estimate of drug-likeness (QED) is 0.792. The van der Waals surface area contributed by atoms with Gasteiger partial charge in [-0.2, -0.15) is 0 Å². The van der Waals surface area contributed by atoms with Crippen LogP contribution >= 0.6 is 0 Å². The van der Waals surface area contributed by atoms with Crippen LogP contribution < -0.4 is 4.72 Å². The summed E-state index contributed by atoms with van der Waals surface area (Å²) >= 11 is 0. The van der Waals surface area contributed by atoms with Crippen molar-refractivity contribution in [1.29, 1.82) is 0 Å². The highest BCUT2D eigenvalue weighted by atomic mass is 32.2. The molecule has 0 saturated carbocycles. The topological polar surface area (TPSA) is 79.0 Å². The van der Waals surface area contributed by atoms with Gasteiger partial charge in [0.25, 0.3) is 5.91 Å². The van der Waals surface area contributed by atoms with Crippen molar-refractivity contribution in [2.75, 3.05) is 56.4 Å². The molecule has 0 unspecified atom stereocenters. The number of nitrogens with one attached hydrogen (secondary N) is 1. The highest BCUT2D eigenvalue weighted by Gasteiger charge is 2.26. The second kappa shape index (κ2) is 9.03. The molecule has 150 valence electrons. The van der Waals surface area contributed by atoms with Crippen molar-refractivity contribution in [3.63, 3.8) is 0 Å². The number of carbonyl (C=O) groups is 1. The summed E-state index contributed by atoms with van der Waals surface area (Å²) in [4.78, 5) is 17.2. The second-order valence-electron chi connectivity index (χ2n) is 7.26. The number of rotatable bonds is 6. The number of hydrogen-bond acceptors (Lipinski definition) is 5. The lowest BCUT2D eigenvalue weighted by atomic mass is 9.96. The molecule has 2 fully saturated rings. The van der Waals surface area contributed by atoms with Crippen molar-refractivity contribution in [2.24, 2.45) is 5.92 Å². The molecule has 0 radical (unpaired) electrons. The molecule has 3 rings (SSSR count). The highest BCUT2D eigenvalue weighted by molar-refractivity contribution is 7.92. The number of ether oxygens (including phenoxy) is 1. The SMILES string of the molecule is CCS(=O)(=O)Nc1ccc(C(=O)N2CCC[C@H](CN3CCOCC3)C2)cc1. The normalized spacial score (nSPS) is 21.8. The van der Waals surface area contributed by atoms with Gasteiger partial charge in [0.1, 0.15) is 0 Å².